The zero-order chi connectivity index (χ0) is 13.3. The fraction of sp³-hybridized carbons (Fsp3) is 0.250. The number of halogens is 2. The lowest BCUT2D eigenvalue weighted by Gasteiger charge is -2.43. The van der Waals surface area contributed by atoms with Crippen LogP contribution in [0.15, 0.2) is 53.0 Å². The van der Waals surface area contributed by atoms with Gasteiger partial charge in [-0.25, -0.2) is 4.39 Å². The first-order valence-electron chi connectivity index (χ1n) is 6.39. The topological polar surface area (TPSA) is 12.0 Å². The summed E-state index contributed by atoms with van der Waals surface area (Å²) in [4.78, 5) is 0. The van der Waals surface area contributed by atoms with Gasteiger partial charge in [-0.3, -0.25) is 0 Å². The van der Waals surface area contributed by atoms with Crippen molar-refractivity contribution in [2.45, 2.75) is 11.8 Å². The van der Waals surface area contributed by atoms with Crippen LogP contribution in [0.3, 0.4) is 0 Å². The Kier molecular flexibility index (Phi) is 3.42. The predicted octanol–water partition coefficient (Wildman–Crippen LogP) is 3.67. The molecule has 0 atom stereocenters. The van der Waals surface area contributed by atoms with E-state index in [0.29, 0.717) is 0 Å². The Morgan fingerprint density at radius 3 is 2.42 bits per heavy atom. The maximum Gasteiger partial charge on any atom is 0.123 e. The van der Waals surface area contributed by atoms with E-state index in [0.717, 1.165) is 24.0 Å². The highest BCUT2D eigenvalue weighted by Gasteiger charge is 2.38. The van der Waals surface area contributed by atoms with Gasteiger partial charge in [-0.05, 0) is 41.8 Å². The lowest BCUT2D eigenvalue weighted by Crippen LogP contribution is -2.58. The van der Waals surface area contributed by atoms with Gasteiger partial charge in [-0.2, -0.15) is 0 Å². The Morgan fingerprint density at radius 2 is 1.84 bits per heavy atom. The van der Waals surface area contributed by atoms with Crippen molar-refractivity contribution in [3.8, 4) is 0 Å². The molecule has 0 bridgehead atoms. The molecule has 98 valence electrons. The Hall–Kier alpha value is -1.19. The van der Waals surface area contributed by atoms with Gasteiger partial charge in [0.15, 0.2) is 0 Å². The summed E-state index contributed by atoms with van der Waals surface area (Å²) >= 11 is 3.51. The summed E-state index contributed by atoms with van der Waals surface area (Å²) in [5.74, 6) is -0.173. The van der Waals surface area contributed by atoms with E-state index in [1.165, 1.54) is 11.1 Å². The first-order chi connectivity index (χ1) is 9.18. The number of benzene rings is 2. The molecule has 0 amide bonds. The molecule has 1 fully saturated rings. The van der Waals surface area contributed by atoms with Crippen LogP contribution in [0.25, 0.3) is 0 Å². The van der Waals surface area contributed by atoms with Gasteiger partial charge in [0.2, 0.25) is 0 Å². The van der Waals surface area contributed by atoms with E-state index in [2.05, 4.69) is 39.4 Å². The lowest BCUT2D eigenvalue weighted by atomic mass is 9.71. The van der Waals surface area contributed by atoms with Crippen LogP contribution in [-0.2, 0) is 11.8 Å². The van der Waals surface area contributed by atoms with Crippen LogP contribution < -0.4 is 5.32 Å². The molecule has 1 saturated heterocycles. The van der Waals surface area contributed by atoms with E-state index in [1.807, 2.05) is 18.2 Å². The largest absolute Gasteiger partial charge is 0.315 e. The maximum atomic E-state index is 13.1. The number of hydrogen-bond acceptors (Lipinski definition) is 1. The molecule has 2 aromatic carbocycles. The molecule has 0 spiro atoms. The summed E-state index contributed by atoms with van der Waals surface area (Å²) in [5.41, 5.74) is 2.63. The van der Waals surface area contributed by atoms with Crippen molar-refractivity contribution in [2.24, 2.45) is 0 Å². The molecule has 1 aliphatic heterocycles. The second kappa shape index (κ2) is 5.06. The number of rotatable bonds is 3. The maximum absolute atomic E-state index is 13.1. The summed E-state index contributed by atoms with van der Waals surface area (Å²) < 4.78 is 14.2. The molecule has 1 nitrogen and oxygen atoms in total. The van der Waals surface area contributed by atoms with E-state index in [4.69, 9.17) is 0 Å². The van der Waals surface area contributed by atoms with Gasteiger partial charge >= 0.3 is 0 Å². The van der Waals surface area contributed by atoms with Gasteiger partial charge in [0.05, 0.1) is 0 Å². The minimum absolute atomic E-state index is 0.106. The van der Waals surface area contributed by atoms with E-state index in [1.54, 1.807) is 12.1 Å². The lowest BCUT2D eigenvalue weighted by molar-refractivity contribution is 0.274. The highest BCUT2D eigenvalue weighted by molar-refractivity contribution is 9.10. The van der Waals surface area contributed by atoms with E-state index < -0.39 is 0 Å². The third-order valence-corrected chi connectivity index (χ3v) is 4.31. The highest BCUT2D eigenvalue weighted by Crippen LogP contribution is 2.33. The second-order valence-corrected chi connectivity index (χ2v) is 6.11. The normalized spacial score (nSPS) is 16.9. The Labute approximate surface area is 121 Å². The standard InChI is InChI=1S/C16H15BrFN/c17-14-3-1-2-12(8-14)9-16(10-19-11-16)13-4-6-15(18)7-5-13/h1-8,19H,9-11H2. The van der Waals surface area contributed by atoms with Gasteiger partial charge in [0, 0.05) is 23.0 Å². The van der Waals surface area contributed by atoms with Gasteiger partial charge in [-0.1, -0.05) is 40.2 Å². The Morgan fingerprint density at radius 1 is 1.11 bits per heavy atom. The number of nitrogens with one attached hydrogen (secondary N) is 1. The molecule has 0 aromatic heterocycles. The summed E-state index contributed by atoms with van der Waals surface area (Å²) in [6.45, 7) is 1.90. The molecule has 0 aliphatic carbocycles. The van der Waals surface area contributed by atoms with Crippen molar-refractivity contribution < 1.29 is 4.39 Å². The third kappa shape index (κ3) is 2.58. The van der Waals surface area contributed by atoms with Crippen molar-refractivity contribution in [1.29, 1.82) is 0 Å². The van der Waals surface area contributed by atoms with Crippen molar-refractivity contribution in [2.75, 3.05) is 13.1 Å². The average molecular weight is 320 g/mol. The molecular formula is C16H15BrFN. The summed E-state index contributed by atoms with van der Waals surface area (Å²) in [5, 5.41) is 3.34. The van der Waals surface area contributed by atoms with Gasteiger partial charge in [0.1, 0.15) is 5.82 Å². The molecular weight excluding hydrogens is 305 g/mol. The van der Waals surface area contributed by atoms with Crippen LogP contribution in [0.1, 0.15) is 11.1 Å². The first kappa shape index (κ1) is 12.8. The molecule has 0 radical (unpaired) electrons. The average Bonchev–Trinajstić information content (AvgIpc) is 2.35. The van der Waals surface area contributed by atoms with Gasteiger partial charge in [0.25, 0.3) is 0 Å². The molecule has 1 heterocycles. The van der Waals surface area contributed by atoms with Crippen molar-refractivity contribution in [3.05, 3.63) is 69.9 Å². The van der Waals surface area contributed by atoms with Crippen LogP contribution >= 0.6 is 15.9 Å². The molecule has 1 N–H and O–H groups in total. The zero-order valence-electron chi connectivity index (χ0n) is 10.5. The molecule has 19 heavy (non-hydrogen) atoms. The van der Waals surface area contributed by atoms with Crippen LogP contribution in [0.5, 0.6) is 0 Å². The Balaban J connectivity index is 1.89. The SMILES string of the molecule is Fc1ccc(C2(Cc3cccc(Br)c3)CNC2)cc1. The highest BCUT2D eigenvalue weighted by atomic mass is 79.9. The Bertz CT molecular complexity index is 576. The second-order valence-electron chi connectivity index (χ2n) is 5.20. The van der Waals surface area contributed by atoms with Crippen LogP contribution in [0.4, 0.5) is 4.39 Å². The summed E-state index contributed by atoms with van der Waals surface area (Å²) in [6, 6.07) is 15.3. The fourth-order valence-corrected chi connectivity index (χ4v) is 3.15. The summed E-state index contributed by atoms with van der Waals surface area (Å²) in [7, 11) is 0. The quantitative estimate of drug-likeness (QED) is 0.910. The minimum atomic E-state index is -0.173. The summed E-state index contributed by atoms with van der Waals surface area (Å²) in [6.07, 6.45) is 0.977. The molecule has 1 aliphatic rings. The first-order valence-corrected chi connectivity index (χ1v) is 7.19. The van der Waals surface area contributed by atoms with E-state index in [-0.39, 0.29) is 11.2 Å². The van der Waals surface area contributed by atoms with Gasteiger partial charge < -0.3 is 5.32 Å². The molecule has 3 rings (SSSR count). The predicted molar refractivity (Wildman–Crippen MR) is 78.8 cm³/mol. The number of hydrogen-bond donors (Lipinski definition) is 1. The third-order valence-electron chi connectivity index (χ3n) is 3.81. The van der Waals surface area contributed by atoms with Crippen molar-refractivity contribution in [3.63, 3.8) is 0 Å². The smallest absolute Gasteiger partial charge is 0.123 e. The molecule has 0 saturated carbocycles. The molecule has 3 heteroatoms. The van der Waals surface area contributed by atoms with Gasteiger partial charge in [-0.15, -0.1) is 0 Å². The molecule has 2 aromatic rings. The van der Waals surface area contributed by atoms with Crippen LogP contribution in [0, 0.1) is 5.82 Å². The minimum Gasteiger partial charge on any atom is -0.315 e. The van der Waals surface area contributed by atoms with Crippen LogP contribution in [-0.4, -0.2) is 13.1 Å². The monoisotopic (exact) mass is 319 g/mol. The van der Waals surface area contributed by atoms with Crippen molar-refractivity contribution in [1.82, 2.24) is 5.32 Å². The van der Waals surface area contributed by atoms with Crippen molar-refractivity contribution >= 4 is 15.9 Å². The van der Waals surface area contributed by atoms with E-state index >= 15 is 0 Å². The van der Waals surface area contributed by atoms with E-state index in [9.17, 15) is 4.39 Å². The van der Waals surface area contributed by atoms with Crippen LogP contribution in [0.2, 0.25) is 0 Å². The fourth-order valence-electron chi connectivity index (χ4n) is 2.70. The molecule has 0 unspecified atom stereocenters. The zero-order valence-corrected chi connectivity index (χ0v) is 12.1.